The molecular weight excluding hydrogens is 201 g/mol. The van der Waals surface area contributed by atoms with E-state index in [1.807, 2.05) is 0 Å². The summed E-state index contributed by atoms with van der Waals surface area (Å²) in [4.78, 5) is 11.0. The normalized spacial score (nSPS) is 12.2. The molecule has 1 atom stereocenters. The first-order valence-electron chi connectivity index (χ1n) is 4.34. The van der Waals surface area contributed by atoms with Crippen LogP contribution >= 0.6 is 0 Å². The van der Waals surface area contributed by atoms with Gasteiger partial charge < -0.3 is 15.6 Å². The molecule has 82 valence electrons. The summed E-state index contributed by atoms with van der Waals surface area (Å²) < 4.78 is 17.3. The van der Waals surface area contributed by atoms with Crippen molar-refractivity contribution in [2.45, 2.75) is 12.5 Å². The van der Waals surface area contributed by atoms with E-state index < -0.39 is 17.8 Å². The summed E-state index contributed by atoms with van der Waals surface area (Å²) in [6.07, 6.45) is 0.123. The molecule has 5 heteroatoms. The van der Waals surface area contributed by atoms with Gasteiger partial charge in [-0.25, -0.2) is 4.39 Å². The molecule has 4 nitrogen and oxygen atoms in total. The maximum atomic E-state index is 12.8. The Labute approximate surface area is 86.5 Å². The summed E-state index contributed by atoms with van der Waals surface area (Å²) in [5.74, 6) is -1.33. The van der Waals surface area contributed by atoms with Crippen LogP contribution < -0.4 is 5.73 Å². The van der Waals surface area contributed by atoms with E-state index in [0.29, 0.717) is 5.56 Å². The Bertz CT molecular complexity index is 347. The Morgan fingerprint density at radius 1 is 1.60 bits per heavy atom. The smallest absolute Gasteiger partial charge is 0.322 e. The SMILES string of the molecule is COC(=O)[C@@H](N)Cc1cc(O)cc(F)c1. The topological polar surface area (TPSA) is 72.5 Å². The number of hydrogen-bond acceptors (Lipinski definition) is 4. The third-order valence-corrected chi connectivity index (χ3v) is 1.90. The lowest BCUT2D eigenvalue weighted by Crippen LogP contribution is -2.33. The van der Waals surface area contributed by atoms with Gasteiger partial charge in [0.05, 0.1) is 7.11 Å². The molecule has 0 saturated carbocycles. The largest absolute Gasteiger partial charge is 0.508 e. The van der Waals surface area contributed by atoms with E-state index >= 15 is 0 Å². The number of nitrogens with two attached hydrogens (primary N) is 1. The van der Waals surface area contributed by atoms with Crippen LogP contribution in [0, 0.1) is 5.82 Å². The summed E-state index contributed by atoms with van der Waals surface area (Å²) in [5, 5.41) is 9.11. The van der Waals surface area contributed by atoms with Crippen LogP contribution in [0.25, 0.3) is 0 Å². The lowest BCUT2D eigenvalue weighted by Gasteiger charge is -2.09. The second kappa shape index (κ2) is 4.75. The molecule has 0 unspecified atom stereocenters. The van der Waals surface area contributed by atoms with Gasteiger partial charge in [-0.05, 0) is 24.1 Å². The first-order chi connectivity index (χ1) is 7.02. The first-order valence-corrected chi connectivity index (χ1v) is 4.34. The predicted octanol–water partition coefficient (Wildman–Crippen LogP) is 0.574. The van der Waals surface area contributed by atoms with Crippen molar-refractivity contribution in [2.24, 2.45) is 5.73 Å². The highest BCUT2D eigenvalue weighted by Gasteiger charge is 2.14. The Kier molecular flexibility index (Phi) is 3.62. The van der Waals surface area contributed by atoms with Crippen LogP contribution in [-0.4, -0.2) is 24.2 Å². The summed E-state index contributed by atoms with van der Waals surface area (Å²) >= 11 is 0. The molecule has 3 N–H and O–H groups in total. The molecule has 0 spiro atoms. The Morgan fingerprint density at radius 3 is 2.80 bits per heavy atom. The lowest BCUT2D eigenvalue weighted by atomic mass is 10.1. The van der Waals surface area contributed by atoms with Crippen molar-refractivity contribution in [2.75, 3.05) is 7.11 Å². The monoisotopic (exact) mass is 213 g/mol. The van der Waals surface area contributed by atoms with Gasteiger partial charge in [-0.1, -0.05) is 0 Å². The number of rotatable bonds is 3. The standard InChI is InChI=1S/C10H12FNO3/c1-15-10(14)9(12)4-6-2-7(11)5-8(13)3-6/h2-3,5,9,13H,4,12H2,1H3/t9-/m0/s1. The third kappa shape index (κ3) is 3.21. The molecule has 0 bridgehead atoms. The van der Waals surface area contributed by atoms with Crippen LogP contribution in [0.4, 0.5) is 4.39 Å². The molecule has 0 fully saturated rings. The van der Waals surface area contributed by atoms with Gasteiger partial charge in [0.25, 0.3) is 0 Å². The van der Waals surface area contributed by atoms with Gasteiger partial charge >= 0.3 is 5.97 Å². The highest BCUT2D eigenvalue weighted by molar-refractivity contribution is 5.75. The molecule has 0 aliphatic carbocycles. The summed E-state index contributed by atoms with van der Waals surface area (Å²) in [5.41, 5.74) is 5.93. The van der Waals surface area contributed by atoms with Crippen LogP contribution in [0.2, 0.25) is 0 Å². The fraction of sp³-hybridized carbons (Fsp3) is 0.300. The van der Waals surface area contributed by atoms with Gasteiger partial charge in [0.15, 0.2) is 0 Å². The van der Waals surface area contributed by atoms with Crippen molar-refractivity contribution in [3.63, 3.8) is 0 Å². The van der Waals surface area contributed by atoms with Gasteiger partial charge in [-0.3, -0.25) is 4.79 Å². The highest BCUT2D eigenvalue weighted by atomic mass is 19.1. The summed E-state index contributed by atoms with van der Waals surface area (Å²) in [6, 6.07) is 2.69. The average Bonchev–Trinajstić information content (AvgIpc) is 2.14. The fourth-order valence-electron chi connectivity index (χ4n) is 1.24. The van der Waals surface area contributed by atoms with Crippen molar-refractivity contribution >= 4 is 5.97 Å². The molecule has 0 radical (unpaired) electrons. The minimum atomic E-state index is -0.851. The van der Waals surface area contributed by atoms with Crippen LogP contribution in [0.3, 0.4) is 0 Å². The zero-order chi connectivity index (χ0) is 11.4. The van der Waals surface area contributed by atoms with Gasteiger partial charge in [-0.15, -0.1) is 0 Å². The highest BCUT2D eigenvalue weighted by Crippen LogP contribution is 2.15. The third-order valence-electron chi connectivity index (χ3n) is 1.90. The molecule has 1 aromatic carbocycles. The number of methoxy groups -OCH3 is 1. The molecular formula is C10H12FNO3. The van der Waals surface area contributed by atoms with Crippen LogP contribution in [-0.2, 0) is 16.0 Å². The number of halogens is 1. The van der Waals surface area contributed by atoms with Crippen molar-refractivity contribution in [1.29, 1.82) is 0 Å². The van der Waals surface area contributed by atoms with Crippen molar-refractivity contribution in [1.82, 2.24) is 0 Å². The second-order valence-corrected chi connectivity index (χ2v) is 3.15. The van der Waals surface area contributed by atoms with E-state index in [1.54, 1.807) is 0 Å². The number of benzene rings is 1. The van der Waals surface area contributed by atoms with E-state index in [1.165, 1.54) is 19.2 Å². The molecule has 1 aromatic rings. The molecule has 15 heavy (non-hydrogen) atoms. The summed E-state index contributed by atoms with van der Waals surface area (Å²) in [6.45, 7) is 0. The van der Waals surface area contributed by atoms with Crippen LogP contribution in [0.5, 0.6) is 5.75 Å². The number of phenolic OH excluding ortho intramolecular Hbond substituents is 1. The van der Waals surface area contributed by atoms with Crippen molar-refractivity contribution < 1.29 is 19.0 Å². The Balaban J connectivity index is 2.76. The van der Waals surface area contributed by atoms with E-state index in [9.17, 15) is 9.18 Å². The lowest BCUT2D eigenvalue weighted by molar-refractivity contribution is -0.142. The van der Waals surface area contributed by atoms with Crippen molar-refractivity contribution in [3.05, 3.63) is 29.6 Å². The van der Waals surface area contributed by atoms with E-state index in [4.69, 9.17) is 10.8 Å². The second-order valence-electron chi connectivity index (χ2n) is 3.15. The molecule has 0 aliphatic heterocycles. The van der Waals surface area contributed by atoms with E-state index in [2.05, 4.69) is 4.74 Å². The maximum absolute atomic E-state index is 12.8. The first kappa shape index (κ1) is 11.5. The summed E-state index contributed by atoms with van der Waals surface area (Å²) in [7, 11) is 1.23. The number of ether oxygens (including phenoxy) is 1. The van der Waals surface area contributed by atoms with E-state index in [-0.39, 0.29) is 12.2 Å². The zero-order valence-electron chi connectivity index (χ0n) is 8.24. The van der Waals surface area contributed by atoms with Crippen LogP contribution in [0.1, 0.15) is 5.56 Å². The molecule has 0 heterocycles. The number of hydrogen-bond donors (Lipinski definition) is 2. The maximum Gasteiger partial charge on any atom is 0.322 e. The zero-order valence-corrected chi connectivity index (χ0v) is 8.24. The van der Waals surface area contributed by atoms with Crippen molar-refractivity contribution in [3.8, 4) is 5.75 Å². The van der Waals surface area contributed by atoms with Gasteiger partial charge in [0, 0.05) is 6.07 Å². The molecule has 0 amide bonds. The number of aromatic hydroxyl groups is 1. The number of phenols is 1. The minimum Gasteiger partial charge on any atom is -0.508 e. The molecule has 0 aromatic heterocycles. The van der Waals surface area contributed by atoms with E-state index in [0.717, 1.165) is 6.07 Å². The van der Waals surface area contributed by atoms with Crippen LogP contribution in [0.15, 0.2) is 18.2 Å². The fourth-order valence-corrected chi connectivity index (χ4v) is 1.24. The minimum absolute atomic E-state index is 0.123. The molecule has 0 saturated heterocycles. The number of carbonyl (C=O) groups is 1. The molecule has 1 rings (SSSR count). The number of esters is 1. The number of carbonyl (C=O) groups excluding carboxylic acids is 1. The Hall–Kier alpha value is -1.62. The predicted molar refractivity (Wildman–Crippen MR) is 51.8 cm³/mol. The quantitative estimate of drug-likeness (QED) is 0.720. The Morgan fingerprint density at radius 2 is 2.27 bits per heavy atom. The van der Waals surface area contributed by atoms with Gasteiger partial charge in [0.1, 0.15) is 17.6 Å². The average molecular weight is 213 g/mol. The molecule has 0 aliphatic rings. The van der Waals surface area contributed by atoms with Gasteiger partial charge in [-0.2, -0.15) is 0 Å². The van der Waals surface area contributed by atoms with Gasteiger partial charge in [0.2, 0.25) is 0 Å².